The molecule has 0 fully saturated rings. The number of fused-ring (bicyclic) bond motifs is 4. The summed E-state index contributed by atoms with van der Waals surface area (Å²) < 4.78 is 12.0. The molecule has 0 atom stereocenters. The summed E-state index contributed by atoms with van der Waals surface area (Å²) in [6, 6.07) is 20.8. The Balaban J connectivity index is 1.60. The standard InChI is InChI=1S/C27H24N3O2S2/c1-4-29-22(32-20-15-14-17-10-6-7-11-18(17)24(20)29)16-23-30(5-2)26(31)25(34-23)27-28(3)19-12-8-9-13-21(19)33-27/h6-16H,4-5H2,1-3H3/q+1/b27-25-. The van der Waals surface area contributed by atoms with Gasteiger partial charge in [0.25, 0.3) is 11.1 Å². The smallest absolute Gasteiger partial charge is 0.377 e. The number of aromatic nitrogens is 2. The lowest BCUT2D eigenvalue weighted by Crippen LogP contribution is -2.36. The van der Waals surface area contributed by atoms with Crippen molar-refractivity contribution in [2.45, 2.75) is 31.8 Å². The van der Waals surface area contributed by atoms with Crippen LogP contribution in [0, 0.1) is 0 Å². The predicted molar refractivity (Wildman–Crippen MR) is 141 cm³/mol. The summed E-state index contributed by atoms with van der Waals surface area (Å²) in [5, 5.41) is 3.34. The fraction of sp³-hybridized carbons (Fsp3) is 0.185. The maximum atomic E-state index is 13.5. The van der Waals surface area contributed by atoms with E-state index in [4.69, 9.17) is 4.42 Å². The van der Waals surface area contributed by atoms with Crippen LogP contribution in [0.4, 0.5) is 5.69 Å². The van der Waals surface area contributed by atoms with Gasteiger partial charge in [-0.1, -0.05) is 48.2 Å². The SMILES string of the molecule is CCn1c(=O)/c(=C2/Sc3ccccc3N2C)s/c1=C/c1oc2ccc3ccccc3c2[n+]1CC. The summed E-state index contributed by atoms with van der Waals surface area (Å²) >= 11 is 3.19. The van der Waals surface area contributed by atoms with Crippen molar-refractivity contribution in [3.8, 4) is 0 Å². The first-order valence-corrected chi connectivity index (χ1v) is 13.0. The number of anilines is 1. The van der Waals surface area contributed by atoms with Crippen LogP contribution in [0.25, 0.3) is 33.0 Å². The van der Waals surface area contributed by atoms with E-state index in [9.17, 15) is 4.79 Å². The fourth-order valence-electron chi connectivity index (χ4n) is 4.67. The minimum absolute atomic E-state index is 0.0468. The minimum atomic E-state index is 0.0468. The van der Waals surface area contributed by atoms with E-state index in [0.29, 0.717) is 6.54 Å². The third kappa shape index (κ3) is 3.15. The zero-order valence-electron chi connectivity index (χ0n) is 19.2. The lowest BCUT2D eigenvalue weighted by atomic mass is 10.1. The van der Waals surface area contributed by atoms with Gasteiger partial charge in [0, 0.05) is 18.5 Å². The first kappa shape index (κ1) is 21.3. The second-order valence-electron chi connectivity index (χ2n) is 8.22. The number of hydrogen-bond acceptors (Lipinski definition) is 5. The summed E-state index contributed by atoms with van der Waals surface area (Å²) in [6.07, 6.45) is 2.02. The van der Waals surface area contributed by atoms with Gasteiger partial charge < -0.3 is 9.32 Å². The second-order valence-corrected chi connectivity index (χ2v) is 10.3. The van der Waals surface area contributed by atoms with Crippen LogP contribution in [0.5, 0.6) is 0 Å². The highest BCUT2D eigenvalue weighted by Crippen LogP contribution is 2.44. The number of rotatable bonds is 3. The molecule has 7 heteroatoms. The van der Waals surface area contributed by atoms with E-state index in [1.165, 1.54) is 27.0 Å². The number of aryl methyl sites for hydroxylation is 1. The molecule has 2 aromatic heterocycles. The van der Waals surface area contributed by atoms with Gasteiger partial charge in [0.15, 0.2) is 0 Å². The van der Waals surface area contributed by atoms with E-state index in [-0.39, 0.29) is 5.56 Å². The number of benzene rings is 3. The fourth-order valence-corrected chi connectivity index (χ4v) is 7.11. The van der Waals surface area contributed by atoms with Gasteiger partial charge in [-0.15, -0.1) is 11.3 Å². The van der Waals surface area contributed by atoms with Gasteiger partial charge in [0.1, 0.15) is 20.8 Å². The molecule has 170 valence electrons. The Hall–Kier alpha value is -3.29. The number of hydrogen-bond donors (Lipinski definition) is 0. The van der Waals surface area contributed by atoms with Crippen LogP contribution in [-0.4, -0.2) is 11.6 Å². The first-order chi connectivity index (χ1) is 16.6. The number of para-hydroxylation sites is 1. The second kappa shape index (κ2) is 8.18. The molecular weight excluding hydrogens is 462 g/mol. The molecule has 34 heavy (non-hydrogen) atoms. The van der Waals surface area contributed by atoms with Gasteiger partial charge in [-0.05, 0) is 43.5 Å². The van der Waals surface area contributed by atoms with Crippen molar-refractivity contribution in [2.24, 2.45) is 0 Å². The van der Waals surface area contributed by atoms with Gasteiger partial charge in [-0.3, -0.25) is 9.36 Å². The van der Waals surface area contributed by atoms with Crippen LogP contribution in [0.15, 0.2) is 74.8 Å². The van der Waals surface area contributed by atoms with Crippen molar-refractivity contribution in [1.82, 2.24) is 4.57 Å². The molecule has 0 bridgehead atoms. The maximum Gasteiger partial charge on any atom is 0.377 e. The molecule has 0 saturated heterocycles. The highest BCUT2D eigenvalue weighted by Gasteiger charge is 2.25. The summed E-state index contributed by atoms with van der Waals surface area (Å²) in [4.78, 5) is 16.7. The topological polar surface area (TPSA) is 42.3 Å². The van der Waals surface area contributed by atoms with E-state index in [1.54, 1.807) is 11.8 Å². The van der Waals surface area contributed by atoms with E-state index >= 15 is 0 Å². The van der Waals surface area contributed by atoms with Gasteiger partial charge in [0.05, 0.1) is 17.1 Å². The van der Waals surface area contributed by atoms with Gasteiger partial charge >= 0.3 is 5.89 Å². The molecule has 5 nitrogen and oxygen atoms in total. The molecule has 5 aromatic rings. The lowest BCUT2D eigenvalue weighted by Gasteiger charge is -2.11. The summed E-state index contributed by atoms with van der Waals surface area (Å²) in [6.45, 7) is 5.51. The van der Waals surface area contributed by atoms with Crippen LogP contribution in [-0.2, 0) is 13.1 Å². The third-order valence-electron chi connectivity index (χ3n) is 6.34. The van der Waals surface area contributed by atoms with E-state index in [0.717, 1.165) is 43.4 Å². The number of thiazole rings is 1. The monoisotopic (exact) mass is 486 g/mol. The average molecular weight is 487 g/mol. The molecule has 0 radical (unpaired) electrons. The Bertz CT molecular complexity index is 1760. The summed E-state index contributed by atoms with van der Waals surface area (Å²) in [5.41, 5.74) is 3.12. The molecule has 3 heterocycles. The molecular formula is C27H24N3O2S2+. The first-order valence-electron chi connectivity index (χ1n) is 11.4. The number of thioether (sulfide) groups is 1. The van der Waals surface area contributed by atoms with E-state index in [1.807, 2.05) is 42.8 Å². The van der Waals surface area contributed by atoms with Crippen LogP contribution in [0.3, 0.4) is 0 Å². The van der Waals surface area contributed by atoms with Crippen LogP contribution < -0.4 is 24.2 Å². The molecule has 1 aliphatic rings. The van der Waals surface area contributed by atoms with E-state index in [2.05, 4.69) is 58.9 Å². The molecule has 0 aliphatic carbocycles. The molecule has 0 unspecified atom stereocenters. The molecule has 3 aromatic carbocycles. The Labute approximate surface area is 204 Å². The van der Waals surface area contributed by atoms with Crippen molar-refractivity contribution in [3.63, 3.8) is 0 Å². The Kier molecular flexibility index (Phi) is 5.12. The number of oxazole rings is 1. The highest BCUT2D eigenvalue weighted by atomic mass is 32.2. The Morgan fingerprint density at radius 3 is 2.62 bits per heavy atom. The summed E-state index contributed by atoms with van der Waals surface area (Å²) in [5.74, 6) is 0.754. The van der Waals surface area contributed by atoms with Crippen molar-refractivity contribution in [2.75, 3.05) is 11.9 Å². The molecule has 6 rings (SSSR count). The number of nitrogens with zero attached hydrogens (tertiary/aromatic N) is 3. The minimum Gasteiger partial charge on any atom is -0.398 e. The van der Waals surface area contributed by atoms with Crippen molar-refractivity contribution in [1.29, 1.82) is 0 Å². The normalized spacial score (nSPS) is 15.6. The largest absolute Gasteiger partial charge is 0.398 e. The zero-order chi connectivity index (χ0) is 23.4. The van der Waals surface area contributed by atoms with Crippen LogP contribution in [0.2, 0.25) is 0 Å². The van der Waals surface area contributed by atoms with Crippen molar-refractivity contribution >= 4 is 61.8 Å². The summed E-state index contributed by atoms with van der Waals surface area (Å²) in [7, 11) is 2.03. The predicted octanol–water partition coefficient (Wildman–Crippen LogP) is 4.27. The van der Waals surface area contributed by atoms with E-state index < -0.39 is 0 Å². The third-order valence-corrected chi connectivity index (χ3v) is 8.82. The quantitative estimate of drug-likeness (QED) is 0.357. The highest BCUT2D eigenvalue weighted by molar-refractivity contribution is 8.08. The molecule has 0 N–H and O–H groups in total. The molecule has 0 spiro atoms. The van der Waals surface area contributed by atoms with Crippen molar-refractivity contribution in [3.05, 3.63) is 86.1 Å². The molecule has 0 saturated carbocycles. The van der Waals surface area contributed by atoms with Crippen molar-refractivity contribution < 1.29 is 8.98 Å². The van der Waals surface area contributed by atoms with Gasteiger partial charge in [-0.25, -0.2) is 0 Å². The maximum absolute atomic E-state index is 13.5. The molecule has 0 amide bonds. The Morgan fingerprint density at radius 2 is 1.82 bits per heavy atom. The Morgan fingerprint density at radius 1 is 1.03 bits per heavy atom. The van der Waals surface area contributed by atoms with Crippen LogP contribution in [0.1, 0.15) is 19.7 Å². The zero-order valence-corrected chi connectivity index (χ0v) is 20.9. The lowest BCUT2D eigenvalue weighted by molar-refractivity contribution is -0.673. The van der Waals surface area contributed by atoms with Gasteiger partial charge in [-0.2, -0.15) is 4.57 Å². The molecule has 1 aliphatic heterocycles. The average Bonchev–Trinajstić information content (AvgIpc) is 3.49. The van der Waals surface area contributed by atoms with Crippen LogP contribution >= 0.6 is 23.1 Å². The van der Waals surface area contributed by atoms with Gasteiger partial charge in [0.2, 0.25) is 5.58 Å².